The van der Waals surface area contributed by atoms with Gasteiger partial charge in [0.05, 0.1) is 15.1 Å². The van der Waals surface area contributed by atoms with Crippen molar-refractivity contribution in [3.63, 3.8) is 0 Å². The van der Waals surface area contributed by atoms with E-state index in [1.807, 2.05) is 6.92 Å². The molecule has 0 aliphatic rings. The fourth-order valence-electron chi connectivity index (χ4n) is 1.82. The SMILES string of the molecule is CNC(C)c1cccc(F)c1Oc1cc(Cl)c(Cl)cc1Cl. The molecule has 0 spiro atoms. The molecule has 0 fully saturated rings. The van der Waals surface area contributed by atoms with Gasteiger partial charge in [-0.2, -0.15) is 0 Å². The van der Waals surface area contributed by atoms with E-state index in [-0.39, 0.29) is 27.6 Å². The molecule has 2 nitrogen and oxygen atoms in total. The molecule has 0 aliphatic carbocycles. The van der Waals surface area contributed by atoms with E-state index < -0.39 is 5.82 Å². The van der Waals surface area contributed by atoms with Gasteiger partial charge in [0.15, 0.2) is 11.6 Å². The maximum Gasteiger partial charge on any atom is 0.167 e. The monoisotopic (exact) mass is 347 g/mol. The maximum absolute atomic E-state index is 14.1. The first-order chi connectivity index (χ1) is 9.93. The summed E-state index contributed by atoms with van der Waals surface area (Å²) in [5.74, 6) is -0.114. The third kappa shape index (κ3) is 3.61. The maximum atomic E-state index is 14.1. The lowest BCUT2D eigenvalue weighted by atomic mass is 10.1. The van der Waals surface area contributed by atoms with Gasteiger partial charge in [-0.05, 0) is 26.1 Å². The lowest BCUT2D eigenvalue weighted by molar-refractivity contribution is 0.428. The molecule has 2 rings (SSSR count). The van der Waals surface area contributed by atoms with Crippen molar-refractivity contribution in [3.8, 4) is 11.5 Å². The van der Waals surface area contributed by atoms with Crippen molar-refractivity contribution in [2.75, 3.05) is 7.05 Å². The lowest BCUT2D eigenvalue weighted by Gasteiger charge is -2.17. The van der Waals surface area contributed by atoms with Crippen LogP contribution in [-0.4, -0.2) is 7.05 Å². The fraction of sp³-hybridized carbons (Fsp3) is 0.200. The normalized spacial score (nSPS) is 12.3. The average Bonchev–Trinajstić information content (AvgIpc) is 2.45. The molecule has 0 aromatic heterocycles. The Hall–Kier alpha value is -1.000. The Labute approximate surface area is 137 Å². The van der Waals surface area contributed by atoms with Crippen LogP contribution >= 0.6 is 34.8 Å². The van der Waals surface area contributed by atoms with Gasteiger partial charge in [0.1, 0.15) is 5.75 Å². The first-order valence-corrected chi connectivity index (χ1v) is 7.35. The predicted molar refractivity (Wildman–Crippen MR) is 85.4 cm³/mol. The standard InChI is InChI=1S/C15H13Cl3FNO/c1-8(20-2)9-4-3-5-13(19)15(9)21-14-7-11(17)10(16)6-12(14)18/h3-8,20H,1-2H3. The zero-order chi connectivity index (χ0) is 15.6. The first kappa shape index (κ1) is 16.4. The second-order valence-electron chi connectivity index (χ2n) is 4.47. The van der Waals surface area contributed by atoms with E-state index in [0.29, 0.717) is 10.6 Å². The van der Waals surface area contributed by atoms with Crippen molar-refractivity contribution in [2.24, 2.45) is 0 Å². The van der Waals surface area contributed by atoms with Crippen LogP contribution in [-0.2, 0) is 0 Å². The predicted octanol–water partition coefficient (Wildman–Crippen LogP) is 5.86. The summed E-state index contributed by atoms with van der Waals surface area (Å²) in [7, 11) is 1.78. The van der Waals surface area contributed by atoms with Crippen molar-refractivity contribution in [1.82, 2.24) is 5.32 Å². The van der Waals surface area contributed by atoms with Crippen LogP contribution in [0.25, 0.3) is 0 Å². The topological polar surface area (TPSA) is 21.3 Å². The Bertz CT molecular complexity index is 664. The highest BCUT2D eigenvalue weighted by atomic mass is 35.5. The zero-order valence-electron chi connectivity index (χ0n) is 11.4. The quantitative estimate of drug-likeness (QED) is 0.699. The molecule has 0 bridgehead atoms. The molecule has 0 radical (unpaired) electrons. The average molecular weight is 349 g/mol. The molecule has 0 amide bonds. The van der Waals surface area contributed by atoms with Crippen molar-refractivity contribution in [3.05, 3.63) is 56.8 Å². The van der Waals surface area contributed by atoms with E-state index in [9.17, 15) is 4.39 Å². The van der Waals surface area contributed by atoms with Gasteiger partial charge in [-0.3, -0.25) is 0 Å². The van der Waals surface area contributed by atoms with Crippen molar-refractivity contribution in [1.29, 1.82) is 0 Å². The summed E-state index contributed by atoms with van der Waals surface area (Å²) in [6.45, 7) is 1.90. The first-order valence-electron chi connectivity index (χ1n) is 6.22. The van der Waals surface area contributed by atoms with Gasteiger partial charge >= 0.3 is 0 Å². The Morgan fingerprint density at radius 3 is 2.43 bits per heavy atom. The van der Waals surface area contributed by atoms with Gasteiger partial charge in [-0.25, -0.2) is 4.39 Å². The second-order valence-corrected chi connectivity index (χ2v) is 5.69. The molecule has 0 saturated heterocycles. The highest BCUT2D eigenvalue weighted by Crippen LogP contribution is 2.39. The molecular weight excluding hydrogens is 336 g/mol. The minimum absolute atomic E-state index is 0.0859. The molecule has 21 heavy (non-hydrogen) atoms. The Morgan fingerprint density at radius 1 is 1.10 bits per heavy atom. The molecule has 2 aromatic carbocycles. The number of para-hydroxylation sites is 1. The van der Waals surface area contributed by atoms with E-state index in [1.54, 1.807) is 19.2 Å². The molecule has 0 aliphatic heterocycles. The van der Waals surface area contributed by atoms with Gasteiger partial charge in [-0.15, -0.1) is 0 Å². The summed E-state index contributed by atoms with van der Waals surface area (Å²) in [6, 6.07) is 7.58. The van der Waals surface area contributed by atoms with E-state index in [1.165, 1.54) is 18.2 Å². The van der Waals surface area contributed by atoms with Gasteiger partial charge in [0.25, 0.3) is 0 Å². The van der Waals surface area contributed by atoms with Gasteiger partial charge in [-0.1, -0.05) is 46.9 Å². The van der Waals surface area contributed by atoms with Crippen molar-refractivity contribution in [2.45, 2.75) is 13.0 Å². The summed E-state index contributed by atoms with van der Waals surface area (Å²) in [6.07, 6.45) is 0. The van der Waals surface area contributed by atoms with Gasteiger partial charge in [0, 0.05) is 17.7 Å². The van der Waals surface area contributed by atoms with Crippen molar-refractivity contribution >= 4 is 34.8 Å². The summed E-state index contributed by atoms with van der Waals surface area (Å²) in [5.41, 5.74) is 0.680. The largest absolute Gasteiger partial charge is 0.452 e. The van der Waals surface area contributed by atoms with Crippen LogP contribution in [0.3, 0.4) is 0 Å². The molecule has 1 atom stereocenters. The number of hydrogen-bond donors (Lipinski definition) is 1. The van der Waals surface area contributed by atoms with E-state index in [4.69, 9.17) is 39.5 Å². The molecule has 0 heterocycles. The van der Waals surface area contributed by atoms with Gasteiger partial charge < -0.3 is 10.1 Å². The van der Waals surface area contributed by atoms with Crippen LogP contribution < -0.4 is 10.1 Å². The third-order valence-electron chi connectivity index (χ3n) is 3.08. The van der Waals surface area contributed by atoms with Crippen LogP contribution in [0.1, 0.15) is 18.5 Å². The van der Waals surface area contributed by atoms with E-state index >= 15 is 0 Å². The van der Waals surface area contributed by atoms with E-state index in [2.05, 4.69) is 5.32 Å². The molecule has 1 unspecified atom stereocenters. The number of benzene rings is 2. The summed E-state index contributed by atoms with van der Waals surface area (Å²) in [5, 5.41) is 3.90. The summed E-state index contributed by atoms with van der Waals surface area (Å²) in [4.78, 5) is 0. The highest BCUT2D eigenvalue weighted by Gasteiger charge is 2.17. The smallest absolute Gasteiger partial charge is 0.167 e. The number of halogens is 4. The Balaban J connectivity index is 2.47. The molecule has 0 saturated carbocycles. The fourth-order valence-corrected chi connectivity index (χ4v) is 2.40. The zero-order valence-corrected chi connectivity index (χ0v) is 13.7. The molecule has 1 N–H and O–H groups in total. The van der Waals surface area contributed by atoms with Gasteiger partial charge in [0.2, 0.25) is 0 Å². The van der Waals surface area contributed by atoms with Crippen LogP contribution in [0.5, 0.6) is 11.5 Å². The number of rotatable bonds is 4. The van der Waals surface area contributed by atoms with Crippen molar-refractivity contribution < 1.29 is 9.13 Å². The second kappa shape index (κ2) is 6.84. The minimum atomic E-state index is -0.475. The molecular formula is C15H13Cl3FNO. The van der Waals surface area contributed by atoms with Crippen LogP contribution in [0, 0.1) is 5.82 Å². The molecule has 112 valence electrons. The molecule has 6 heteroatoms. The third-order valence-corrected chi connectivity index (χ3v) is 4.10. The van der Waals surface area contributed by atoms with Crippen LogP contribution in [0.4, 0.5) is 4.39 Å². The van der Waals surface area contributed by atoms with Crippen LogP contribution in [0.15, 0.2) is 30.3 Å². The molecule has 2 aromatic rings. The number of hydrogen-bond acceptors (Lipinski definition) is 2. The van der Waals surface area contributed by atoms with Crippen LogP contribution in [0.2, 0.25) is 15.1 Å². The summed E-state index contributed by atoms with van der Waals surface area (Å²) >= 11 is 17.9. The summed E-state index contributed by atoms with van der Waals surface area (Å²) < 4.78 is 19.7. The number of nitrogens with one attached hydrogen (secondary N) is 1. The Kier molecular flexibility index (Phi) is 5.33. The number of ether oxygens (including phenoxy) is 1. The van der Waals surface area contributed by atoms with E-state index in [0.717, 1.165) is 0 Å². The Morgan fingerprint density at radius 2 is 1.76 bits per heavy atom. The lowest BCUT2D eigenvalue weighted by Crippen LogP contribution is -2.13. The highest BCUT2D eigenvalue weighted by molar-refractivity contribution is 6.43. The minimum Gasteiger partial charge on any atom is -0.452 e.